The number of carbonyl (C=O) groups is 3. The van der Waals surface area contributed by atoms with E-state index in [2.05, 4.69) is 10.4 Å². The Morgan fingerprint density at radius 2 is 1.75 bits per heavy atom. The zero-order valence-corrected chi connectivity index (χ0v) is 15.3. The Morgan fingerprint density at radius 3 is 2.46 bits per heavy atom. The maximum absolute atomic E-state index is 12.6. The predicted molar refractivity (Wildman–Crippen MR) is 100 cm³/mol. The van der Waals surface area contributed by atoms with Gasteiger partial charge < -0.3 is 5.32 Å². The summed E-state index contributed by atoms with van der Waals surface area (Å²) in [5.74, 6) is -1.49. The average molecular weight is 397 g/mol. The summed E-state index contributed by atoms with van der Waals surface area (Å²) in [5, 5.41) is 6.24. The van der Waals surface area contributed by atoms with Crippen molar-refractivity contribution in [2.24, 2.45) is 5.10 Å². The molecule has 2 aromatic carbocycles. The lowest BCUT2D eigenvalue weighted by atomic mass is 10.1. The molecule has 9 heteroatoms. The number of hydrogen-bond acceptors (Lipinski definition) is 6. The number of Topliss-reactive ketones (excluding diaryl/α,β-unsaturated/α-hetero) is 1. The van der Waals surface area contributed by atoms with Crippen molar-refractivity contribution in [3.8, 4) is 0 Å². The summed E-state index contributed by atoms with van der Waals surface area (Å²) in [6.45, 7) is 0. The van der Waals surface area contributed by atoms with Crippen LogP contribution in [0.25, 0.3) is 0 Å². The molecule has 2 aromatic rings. The molecule has 0 aliphatic carbocycles. The molecule has 2 aliphatic heterocycles. The number of carbonyl (C=O) groups excluding carboxylic acids is 3. The van der Waals surface area contributed by atoms with Crippen LogP contribution in [-0.4, -0.2) is 37.1 Å². The number of nitrogens with one attached hydrogen (secondary N) is 1. The molecule has 2 heterocycles. The molecule has 1 atom stereocenters. The van der Waals surface area contributed by atoms with Gasteiger partial charge >= 0.3 is 0 Å². The minimum atomic E-state index is -3.92. The van der Waals surface area contributed by atoms with Crippen LogP contribution in [0.1, 0.15) is 23.2 Å². The topological polar surface area (TPSA) is 113 Å². The van der Waals surface area contributed by atoms with Crippen LogP contribution < -0.4 is 10.3 Å². The number of fused-ring (bicyclic) bond motifs is 1. The van der Waals surface area contributed by atoms with Gasteiger partial charge in [0.1, 0.15) is 11.1 Å². The molecule has 0 aromatic heterocycles. The van der Waals surface area contributed by atoms with Crippen molar-refractivity contribution < 1.29 is 22.8 Å². The van der Waals surface area contributed by atoms with Crippen LogP contribution in [0.2, 0.25) is 0 Å². The van der Waals surface area contributed by atoms with Crippen LogP contribution in [0, 0.1) is 0 Å². The molecule has 0 radical (unpaired) electrons. The SMILES string of the molecule is O=C(CC1C(=O)c2ccccc2S1(=O)=O)NC1=NN(c2ccccc2)C(=O)C1. The molecule has 142 valence electrons. The summed E-state index contributed by atoms with van der Waals surface area (Å²) in [6, 6.07) is 14.6. The minimum absolute atomic E-state index is 0.0542. The Labute approximate surface area is 160 Å². The molecule has 0 fully saturated rings. The fourth-order valence-electron chi connectivity index (χ4n) is 3.24. The minimum Gasteiger partial charge on any atom is -0.312 e. The van der Waals surface area contributed by atoms with Gasteiger partial charge in [0.15, 0.2) is 15.6 Å². The van der Waals surface area contributed by atoms with Crippen molar-refractivity contribution in [1.82, 2.24) is 5.32 Å². The summed E-state index contributed by atoms with van der Waals surface area (Å²) < 4.78 is 25.1. The number of ketones is 1. The predicted octanol–water partition coefficient (Wildman–Crippen LogP) is 1.28. The first kappa shape index (κ1) is 18.1. The molecule has 0 saturated heterocycles. The van der Waals surface area contributed by atoms with Gasteiger partial charge in [0.05, 0.1) is 23.4 Å². The van der Waals surface area contributed by atoms with E-state index in [1.807, 2.05) is 0 Å². The number of amides is 2. The summed E-state index contributed by atoms with van der Waals surface area (Å²) in [7, 11) is -3.92. The van der Waals surface area contributed by atoms with Crippen LogP contribution in [-0.2, 0) is 19.4 Å². The maximum atomic E-state index is 12.6. The number of rotatable bonds is 3. The van der Waals surface area contributed by atoms with Gasteiger partial charge in [-0.15, -0.1) is 0 Å². The van der Waals surface area contributed by atoms with Gasteiger partial charge in [-0.2, -0.15) is 10.1 Å². The first-order chi connectivity index (χ1) is 13.4. The van der Waals surface area contributed by atoms with Crippen molar-refractivity contribution in [2.45, 2.75) is 23.0 Å². The van der Waals surface area contributed by atoms with E-state index in [1.54, 1.807) is 36.4 Å². The number of amidine groups is 1. The third-order valence-corrected chi connectivity index (χ3v) is 6.66. The number of hydrazone groups is 1. The lowest BCUT2D eigenvalue weighted by Gasteiger charge is -2.10. The van der Waals surface area contributed by atoms with Crippen molar-refractivity contribution in [3.05, 3.63) is 60.2 Å². The zero-order valence-electron chi connectivity index (χ0n) is 14.5. The lowest BCUT2D eigenvalue weighted by Crippen LogP contribution is -2.35. The van der Waals surface area contributed by atoms with Crippen molar-refractivity contribution >= 4 is 39.0 Å². The van der Waals surface area contributed by atoms with E-state index in [0.717, 1.165) is 0 Å². The fraction of sp³-hybridized carbons (Fsp3) is 0.158. The Bertz CT molecular complexity index is 1130. The molecule has 2 amide bonds. The van der Waals surface area contributed by atoms with E-state index < -0.39 is 33.2 Å². The second-order valence-corrected chi connectivity index (χ2v) is 8.51. The largest absolute Gasteiger partial charge is 0.312 e. The van der Waals surface area contributed by atoms with Gasteiger partial charge in [0.2, 0.25) is 5.91 Å². The van der Waals surface area contributed by atoms with E-state index in [0.29, 0.717) is 5.69 Å². The highest BCUT2D eigenvalue weighted by atomic mass is 32.2. The highest BCUT2D eigenvalue weighted by Gasteiger charge is 2.45. The first-order valence-electron chi connectivity index (χ1n) is 8.50. The second kappa shape index (κ2) is 6.68. The highest BCUT2D eigenvalue weighted by Crippen LogP contribution is 2.32. The molecular formula is C19H15N3O5S. The smallest absolute Gasteiger partial charge is 0.255 e. The molecular weight excluding hydrogens is 382 g/mol. The van der Waals surface area contributed by atoms with Crippen LogP contribution in [0.3, 0.4) is 0 Å². The van der Waals surface area contributed by atoms with E-state index in [-0.39, 0.29) is 28.6 Å². The molecule has 1 unspecified atom stereocenters. The Kier molecular flexibility index (Phi) is 4.31. The standard InChI is InChI=1S/C19H15N3O5S/c23-17(10-15-19(25)13-8-4-5-9-14(13)28(15,26)27)20-16-11-18(24)22(21-16)12-6-2-1-3-7-12/h1-9,15H,10-11H2,(H,20,21,23). The molecule has 2 aliphatic rings. The zero-order chi connectivity index (χ0) is 19.9. The molecule has 8 nitrogen and oxygen atoms in total. The summed E-state index contributed by atoms with van der Waals surface area (Å²) in [4.78, 5) is 36.8. The van der Waals surface area contributed by atoms with Crippen molar-refractivity contribution in [3.63, 3.8) is 0 Å². The lowest BCUT2D eigenvalue weighted by molar-refractivity contribution is -0.119. The number of nitrogens with zero attached hydrogens (tertiary/aromatic N) is 2. The number of benzene rings is 2. The van der Waals surface area contributed by atoms with E-state index in [4.69, 9.17) is 0 Å². The monoisotopic (exact) mass is 397 g/mol. The molecule has 0 bridgehead atoms. The third kappa shape index (κ3) is 2.99. The third-order valence-electron chi connectivity index (χ3n) is 4.56. The Morgan fingerprint density at radius 1 is 1.07 bits per heavy atom. The first-order valence-corrected chi connectivity index (χ1v) is 10.0. The maximum Gasteiger partial charge on any atom is 0.255 e. The van der Waals surface area contributed by atoms with E-state index >= 15 is 0 Å². The van der Waals surface area contributed by atoms with Gasteiger partial charge in [-0.25, -0.2) is 8.42 Å². The normalized spacial score (nSPS) is 20.1. The fourth-order valence-corrected chi connectivity index (χ4v) is 5.07. The quantitative estimate of drug-likeness (QED) is 0.838. The van der Waals surface area contributed by atoms with Crippen LogP contribution in [0.15, 0.2) is 64.6 Å². The molecule has 0 saturated carbocycles. The van der Waals surface area contributed by atoms with Gasteiger partial charge in [0.25, 0.3) is 5.91 Å². The van der Waals surface area contributed by atoms with Gasteiger partial charge in [-0.1, -0.05) is 36.4 Å². The molecule has 28 heavy (non-hydrogen) atoms. The molecule has 1 N–H and O–H groups in total. The second-order valence-electron chi connectivity index (χ2n) is 6.41. The highest BCUT2D eigenvalue weighted by molar-refractivity contribution is 7.93. The van der Waals surface area contributed by atoms with Gasteiger partial charge in [0, 0.05) is 5.56 Å². The molecule has 4 rings (SSSR count). The van der Waals surface area contributed by atoms with Gasteiger partial charge in [-0.05, 0) is 18.2 Å². The summed E-state index contributed by atoms with van der Waals surface area (Å²) in [6.07, 6.45) is -0.652. The average Bonchev–Trinajstić information content (AvgIpc) is 3.13. The van der Waals surface area contributed by atoms with Gasteiger partial charge in [-0.3, -0.25) is 14.4 Å². The van der Waals surface area contributed by atoms with Crippen LogP contribution in [0.4, 0.5) is 5.69 Å². The molecule has 0 spiro atoms. The number of hydrogen-bond donors (Lipinski definition) is 1. The summed E-state index contributed by atoms with van der Waals surface area (Å²) >= 11 is 0. The van der Waals surface area contributed by atoms with E-state index in [9.17, 15) is 22.8 Å². The summed E-state index contributed by atoms with van der Waals surface area (Å²) in [5.41, 5.74) is 0.657. The number of anilines is 1. The van der Waals surface area contributed by atoms with E-state index in [1.165, 1.54) is 23.2 Å². The van der Waals surface area contributed by atoms with Crippen LogP contribution in [0.5, 0.6) is 0 Å². The Balaban J connectivity index is 1.49. The Hall–Kier alpha value is -3.33. The van der Waals surface area contributed by atoms with Crippen molar-refractivity contribution in [2.75, 3.05) is 5.01 Å². The number of sulfone groups is 1. The van der Waals surface area contributed by atoms with Crippen molar-refractivity contribution in [1.29, 1.82) is 0 Å². The number of para-hydroxylation sites is 1. The van der Waals surface area contributed by atoms with Crippen LogP contribution >= 0.6 is 0 Å².